The molecule has 0 saturated heterocycles. The summed E-state index contributed by atoms with van der Waals surface area (Å²) in [5.41, 5.74) is 9.16. The number of hydrogen-bond donors (Lipinski definition) is 19. The summed E-state index contributed by atoms with van der Waals surface area (Å²) in [6, 6.07) is 4.37. The topological polar surface area (TPSA) is 522 Å². The fourth-order valence-electron chi connectivity index (χ4n) is 12.4. The molecule has 3 aromatic carbocycles. The molecule has 13 amide bonds. The fourth-order valence-corrected chi connectivity index (χ4v) is 12.4. The minimum Gasteiger partial charge on any atom is -0.481 e. The summed E-state index contributed by atoms with van der Waals surface area (Å²) < 4.78 is 0. The van der Waals surface area contributed by atoms with Gasteiger partial charge in [0.25, 0.3) is 0 Å². The van der Waals surface area contributed by atoms with Crippen molar-refractivity contribution in [1.29, 1.82) is 0 Å². The highest BCUT2D eigenvalue weighted by Gasteiger charge is 2.38. The Labute approximate surface area is 623 Å². The summed E-state index contributed by atoms with van der Waals surface area (Å²) in [7, 11) is 1.41. The number of nitrogens with one attached hydrogen (secondary N) is 16. The molecule has 0 saturated carbocycles. The van der Waals surface area contributed by atoms with Crippen molar-refractivity contribution < 1.29 is 77.3 Å². The number of aromatic amines is 3. The normalized spacial score (nSPS) is 23.0. The molecule has 34 heteroatoms. The number of carboxylic acids is 1. The van der Waals surface area contributed by atoms with Gasteiger partial charge in [-0.1, -0.05) is 102 Å². The first kappa shape index (κ1) is 83.7. The van der Waals surface area contributed by atoms with E-state index in [4.69, 9.17) is 5.73 Å². The number of aromatic nitrogens is 4. The van der Waals surface area contributed by atoms with E-state index < -0.39 is 187 Å². The van der Waals surface area contributed by atoms with E-state index in [0.29, 0.717) is 49.8 Å². The lowest BCUT2D eigenvalue weighted by Gasteiger charge is -2.29. The first-order chi connectivity index (χ1) is 51.3. The molecule has 34 nitrogen and oxygen atoms in total. The third-order valence-electron chi connectivity index (χ3n) is 18.3. The number of carbonyl (C=O) groups is 14. The van der Waals surface area contributed by atoms with Crippen LogP contribution in [0.25, 0.3) is 21.8 Å². The zero-order chi connectivity index (χ0) is 79.1. The summed E-state index contributed by atoms with van der Waals surface area (Å²) in [4.78, 5) is 212. The third-order valence-corrected chi connectivity index (χ3v) is 18.3. The predicted octanol–water partition coefficient (Wildman–Crippen LogP) is -1.29. The molecular weight excluding hydrogens is 1400 g/mol. The number of amides is 13. The van der Waals surface area contributed by atoms with Crippen molar-refractivity contribution in [3.8, 4) is 0 Å². The van der Waals surface area contributed by atoms with Crippen molar-refractivity contribution in [2.75, 3.05) is 13.6 Å². The maximum absolute atomic E-state index is 15.2. The highest BCUT2D eigenvalue weighted by atomic mass is 16.4. The number of likely N-dealkylation sites (N-methyl/N-ethyl adjacent to an activating group) is 1. The molecule has 12 atom stereocenters. The van der Waals surface area contributed by atoms with Crippen molar-refractivity contribution in [3.05, 3.63) is 126 Å². The lowest BCUT2D eigenvalue weighted by atomic mass is 9.97. The van der Waals surface area contributed by atoms with Crippen molar-refractivity contribution in [3.63, 3.8) is 0 Å². The minimum absolute atomic E-state index is 0.0181. The van der Waals surface area contributed by atoms with Crippen LogP contribution in [-0.2, 0) is 99.4 Å². The van der Waals surface area contributed by atoms with Gasteiger partial charge >= 0.3 is 5.97 Å². The zero-order valence-corrected chi connectivity index (χ0v) is 61.8. The Morgan fingerprint density at radius 3 is 1.58 bits per heavy atom. The number of aliphatic hydroxyl groups excluding tert-OH is 1. The second-order valence-corrected chi connectivity index (χ2v) is 28.2. The van der Waals surface area contributed by atoms with Crippen LogP contribution in [0.1, 0.15) is 115 Å². The largest absolute Gasteiger partial charge is 0.481 e. The van der Waals surface area contributed by atoms with Gasteiger partial charge in [0.05, 0.1) is 37.1 Å². The van der Waals surface area contributed by atoms with Crippen LogP contribution in [0, 0.1) is 17.8 Å². The predicted molar refractivity (Wildman–Crippen MR) is 395 cm³/mol. The molecule has 1 aliphatic heterocycles. The minimum atomic E-state index is -1.67. The number of carbonyl (C=O) groups excluding carboxylic acids is 13. The highest BCUT2D eigenvalue weighted by Crippen LogP contribution is 2.23. The van der Waals surface area contributed by atoms with Gasteiger partial charge in [-0.2, -0.15) is 0 Å². The Morgan fingerprint density at radius 1 is 0.537 bits per heavy atom. The Morgan fingerprint density at radius 2 is 1.05 bits per heavy atom. The van der Waals surface area contributed by atoms with Crippen LogP contribution in [0.5, 0.6) is 0 Å². The van der Waals surface area contributed by atoms with E-state index >= 15 is 4.79 Å². The molecule has 108 heavy (non-hydrogen) atoms. The quantitative estimate of drug-likeness (QED) is 0.0449. The third kappa shape index (κ3) is 24.5. The van der Waals surface area contributed by atoms with Crippen LogP contribution in [0.2, 0.25) is 0 Å². The van der Waals surface area contributed by atoms with Gasteiger partial charge in [-0.3, -0.25) is 67.1 Å². The van der Waals surface area contributed by atoms with Crippen LogP contribution < -0.4 is 74.9 Å². The molecule has 0 aliphatic carbocycles. The molecule has 7 rings (SSSR count). The second-order valence-electron chi connectivity index (χ2n) is 28.2. The summed E-state index contributed by atoms with van der Waals surface area (Å²) in [5, 5.41) is 56.2. The number of para-hydroxylation sites is 2. The summed E-state index contributed by atoms with van der Waals surface area (Å²) in [5.74, 6) is -14.6. The van der Waals surface area contributed by atoms with E-state index in [1.165, 1.54) is 33.4 Å². The molecule has 6 aromatic rings. The van der Waals surface area contributed by atoms with Gasteiger partial charge in [-0.25, -0.2) is 4.98 Å². The molecule has 3 aromatic heterocycles. The van der Waals surface area contributed by atoms with Crippen molar-refractivity contribution >= 4 is 105 Å². The molecule has 4 heterocycles. The van der Waals surface area contributed by atoms with Gasteiger partial charge in [0.15, 0.2) is 0 Å². The molecule has 20 N–H and O–H groups in total. The second kappa shape index (κ2) is 39.7. The van der Waals surface area contributed by atoms with Crippen molar-refractivity contribution in [2.24, 2.45) is 23.5 Å². The number of nitrogens with two attached hydrogens (primary N) is 1. The van der Waals surface area contributed by atoms with E-state index in [9.17, 15) is 72.5 Å². The Kier molecular flexibility index (Phi) is 30.8. The Hall–Kier alpha value is -11.6. The van der Waals surface area contributed by atoms with Gasteiger partial charge in [0.2, 0.25) is 76.8 Å². The fraction of sp³-hybridized carbons (Fsp3) is 0.473. The van der Waals surface area contributed by atoms with Gasteiger partial charge < -0.3 is 100 Å². The SMILES string of the molecule is CNC1CC(=O)NCc2ccccc2C[C@@H](C(=O)N[C@H](C(N)=O)[C@@H](C)O)NC(=O)[C@H](Cc2c[nH]c3ccccc23)NC(=O)[C@H](C(C)C)NC(=O)[C@H](CC(C)C)NC(=O)[C@H](CCC(=O)O)NC(=O)CNC(=O)[C@H](CC(C)C)NC(=O)[C@H](Cc2c[nH]cn2)NC(=O)[C@H](Cc2c[nH]c3ccccc23)NC(=O)[C@H](C)NC1=O. The highest BCUT2D eigenvalue weighted by molar-refractivity contribution is 6.00. The summed E-state index contributed by atoms with van der Waals surface area (Å²) >= 11 is 0. The standard InChI is InChI=1S/C74H100N18O16/c1-37(2)24-53-66(100)81-35-60(95)84-51(22-23-61(96)97)67(101)87-54(25-38(3)4)72(106)91-62(39(5)6)74(108)90-57(28-45-33-79-50-21-15-13-19-48(45)50)70(104)88-55(73(107)92-63(41(8)93)64(75)98)26-42-16-10-11-17-43(42)31-80-59(94)30-52(76-9)68(102)83-40(7)65(99)85-56(27-44-32-78-49-20-14-12-18-47(44)49)69(103)89-58(71(105)86-53)29-46-34-77-36-82-46/h10-21,32-34,36-41,51-58,62-63,76,78-79,93H,22-31,35H2,1-9H3,(H2,75,98)(H,77,82)(H,80,94)(H,81,100)(H,83,102)(H,84,95)(H,85,99)(H,86,105)(H,87,101)(H,88,104)(H,89,103)(H,90,108)(H,91,106)(H,92,107)(H,96,97)/t40-,41+,51-,52?,53-,54-,55-,56-,57-,58-,62-,63-/m0/s1. The maximum Gasteiger partial charge on any atom is 0.303 e. The van der Waals surface area contributed by atoms with Gasteiger partial charge in [-0.15, -0.1) is 0 Å². The monoisotopic (exact) mass is 1500 g/mol. The molecular formula is C74H100N18O16. The van der Waals surface area contributed by atoms with Crippen molar-refractivity contribution in [1.82, 2.24) is 89.1 Å². The number of fused-ring (bicyclic) bond motifs is 3. The number of aliphatic hydroxyl groups is 1. The average Bonchev–Trinajstić information content (AvgIpc) is 1.58. The lowest BCUT2D eigenvalue weighted by molar-refractivity contribution is -0.138. The van der Waals surface area contributed by atoms with Crippen LogP contribution in [0.3, 0.4) is 0 Å². The molecule has 0 radical (unpaired) electrons. The van der Waals surface area contributed by atoms with Gasteiger partial charge in [-0.05, 0) is 92.3 Å². The number of hydrogen-bond acceptors (Lipinski definition) is 17. The molecule has 582 valence electrons. The zero-order valence-electron chi connectivity index (χ0n) is 61.8. The van der Waals surface area contributed by atoms with Crippen LogP contribution >= 0.6 is 0 Å². The molecule has 1 aliphatic rings. The van der Waals surface area contributed by atoms with Crippen molar-refractivity contribution in [2.45, 2.75) is 192 Å². The smallest absolute Gasteiger partial charge is 0.303 e. The molecule has 0 bridgehead atoms. The number of benzene rings is 3. The maximum atomic E-state index is 15.2. The van der Waals surface area contributed by atoms with Crippen LogP contribution in [0.15, 0.2) is 97.7 Å². The first-order valence-electron chi connectivity index (χ1n) is 35.9. The lowest BCUT2D eigenvalue weighted by Crippen LogP contribution is -2.61. The number of carboxylic acid groups (broad SMARTS) is 1. The Balaban J connectivity index is 1.26. The number of nitrogens with zero attached hydrogens (tertiary/aromatic N) is 1. The van der Waals surface area contributed by atoms with E-state index in [0.717, 1.165) is 0 Å². The number of H-pyrrole nitrogens is 3. The average molecular weight is 1500 g/mol. The number of aliphatic carboxylic acids is 1. The summed E-state index contributed by atoms with van der Waals surface area (Å²) in [6.45, 7) is 11.7. The van der Waals surface area contributed by atoms with E-state index in [-0.39, 0.29) is 56.9 Å². The number of primary amides is 1. The van der Waals surface area contributed by atoms with E-state index in [1.54, 1.807) is 127 Å². The molecule has 1 unspecified atom stereocenters. The summed E-state index contributed by atoms with van der Waals surface area (Å²) in [6.07, 6.45) is 1.79. The van der Waals surface area contributed by atoms with E-state index in [1.807, 2.05) is 0 Å². The molecule has 0 spiro atoms. The molecule has 0 fully saturated rings. The van der Waals surface area contributed by atoms with Crippen LogP contribution in [0.4, 0.5) is 0 Å². The first-order valence-corrected chi connectivity index (χ1v) is 35.9. The van der Waals surface area contributed by atoms with Gasteiger partial charge in [0.1, 0.15) is 60.4 Å². The number of imidazole rings is 1. The number of rotatable bonds is 19. The van der Waals surface area contributed by atoms with Crippen LogP contribution in [-0.4, -0.2) is 199 Å². The van der Waals surface area contributed by atoms with Gasteiger partial charge in [0, 0.05) is 79.0 Å². The Bertz CT molecular complexity index is 4190. The van der Waals surface area contributed by atoms with E-state index in [2.05, 4.69) is 89.1 Å².